The summed E-state index contributed by atoms with van der Waals surface area (Å²) in [6.45, 7) is 5.26. The number of aryl methyl sites for hydroxylation is 1. The molecule has 0 unspecified atom stereocenters. The van der Waals surface area contributed by atoms with E-state index in [9.17, 15) is 13.6 Å². The Morgan fingerprint density at radius 2 is 1.86 bits per heavy atom. The summed E-state index contributed by atoms with van der Waals surface area (Å²) >= 11 is 0. The maximum Gasteiger partial charge on any atom is 0.263 e. The molecule has 1 aliphatic rings. The smallest absolute Gasteiger partial charge is 0.263 e. The van der Waals surface area contributed by atoms with Gasteiger partial charge < -0.3 is 9.64 Å². The molecule has 35 heavy (non-hydrogen) atoms. The summed E-state index contributed by atoms with van der Waals surface area (Å²) in [7, 11) is 1.83. The van der Waals surface area contributed by atoms with E-state index in [1.54, 1.807) is 35.1 Å². The minimum Gasteiger partial charge on any atom is -0.457 e. The van der Waals surface area contributed by atoms with Gasteiger partial charge in [-0.1, -0.05) is 18.7 Å². The molecule has 0 saturated carbocycles. The van der Waals surface area contributed by atoms with E-state index >= 15 is 0 Å². The molecule has 2 aromatic heterocycles. The number of carbonyl (C=O) groups is 1. The van der Waals surface area contributed by atoms with Gasteiger partial charge in [0.2, 0.25) is 5.91 Å². The maximum absolute atomic E-state index is 12.8. The number of likely N-dealkylation sites (tertiary alicyclic amines) is 1. The van der Waals surface area contributed by atoms with Crippen molar-refractivity contribution < 1.29 is 18.3 Å². The Morgan fingerprint density at radius 1 is 1.11 bits per heavy atom. The van der Waals surface area contributed by atoms with E-state index in [4.69, 9.17) is 4.74 Å². The van der Waals surface area contributed by atoms with Crippen LogP contribution in [-0.2, 0) is 11.8 Å². The van der Waals surface area contributed by atoms with E-state index in [2.05, 4.69) is 21.6 Å². The monoisotopic (exact) mass is 477 g/mol. The molecule has 9 heteroatoms. The highest BCUT2D eigenvalue weighted by molar-refractivity contribution is 5.90. The third kappa shape index (κ3) is 5.68. The van der Waals surface area contributed by atoms with Crippen molar-refractivity contribution in [3.05, 3.63) is 79.3 Å². The Morgan fingerprint density at radius 3 is 2.54 bits per heavy atom. The van der Waals surface area contributed by atoms with E-state index in [0.29, 0.717) is 11.5 Å². The first-order valence-electron chi connectivity index (χ1n) is 11.2. The number of hydrogen-bond acceptors (Lipinski definition) is 5. The van der Waals surface area contributed by atoms with E-state index in [0.717, 1.165) is 48.2 Å². The highest BCUT2D eigenvalue weighted by Gasteiger charge is 2.14. The van der Waals surface area contributed by atoms with E-state index < -0.39 is 6.43 Å². The van der Waals surface area contributed by atoms with Crippen LogP contribution >= 0.6 is 0 Å². The van der Waals surface area contributed by atoms with Crippen LogP contribution in [0.3, 0.4) is 0 Å². The van der Waals surface area contributed by atoms with Gasteiger partial charge >= 0.3 is 0 Å². The number of aromatic nitrogens is 4. The zero-order valence-corrected chi connectivity index (χ0v) is 19.3. The summed E-state index contributed by atoms with van der Waals surface area (Å²) in [4.78, 5) is 20.9. The van der Waals surface area contributed by atoms with E-state index in [1.165, 1.54) is 24.5 Å². The number of amides is 1. The standard InChI is InChI=1S/C19H14F2N4O.C7H11NO/c1-25-19-16(10-22-11-23-19)17(24-25)12-5-7-14(8-6-12)26-15-4-2-3-13(9-15)18(20)21;1-2-7(9)8-5-3-4-6-8/h2-11,18H,1H3;2H,1,3-6H2. The fourth-order valence-electron chi connectivity index (χ4n) is 3.81. The molecule has 4 aromatic rings. The van der Waals surface area contributed by atoms with E-state index in [-0.39, 0.29) is 11.5 Å². The number of nitrogens with zero attached hydrogens (tertiary/aromatic N) is 5. The number of alkyl halides is 2. The summed E-state index contributed by atoms with van der Waals surface area (Å²) in [5.41, 5.74) is 2.34. The van der Waals surface area contributed by atoms with Crippen molar-refractivity contribution in [1.29, 1.82) is 0 Å². The molecule has 1 aliphatic heterocycles. The van der Waals surface area contributed by atoms with Gasteiger partial charge in [-0.05, 0) is 55.3 Å². The number of ether oxygens (including phenoxy) is 1. The molecule has 0 atom stereocenters. The van der Waals surface area contributed by atoms with Crippen LogP contribution in [0.1, 0.15) is 24.8 Å². The number of rotatable bonds is 5. The molecular formula is C26H25F2N5O2. The van der Waals surface area contributed by atoms with Crippen LogP contribution in [-0.4, -0.2) is 43.6 Å². The van der Waals surface area contributed by atoms with Gasteiger partial charge in [0, 0.05) is 37.5 Å². The van der Waals surface area contributed by atoms with Gasteiger partial charge in [-0.2, -0.15) is 5.10 Å². The Balaban J connectivity index is 0.000000271. The largest absolute Gasteiger partial charge is 0.457 e. The second kappa shape index (κ2) is 10.9. The molecular weight excluding hydrogens is 452 g/mol. The number of halogens is 2. The van der Waals surface area contributed by atoms with Gasteiger partial charge in [-0.15, -0.1) is 0 Å². The first-order chi connectivity index (χ1) is 17.0. The topological polar surface area (TPSA) is 73.1 Å². The summed E-state index contributed by atoms with van der Waals surface area (Å²) in [5, 5.41) is 5.35. The van der Waals surface area contributed by atoms with Crippen LogP contribution in [0.4, 0.5) is 8.78 Å². The van der Waals surface area contributed by atoms with Gasteiger partial charge in [-0.25, -0.2) is 23.4 Å². The SMILES string of the molecule is C=CC(=O)N1CCCC1.Cn1nc(-c2ccc(Oc3cccc(C(F)F)c3)cc2)c2cncnc21. The minimum atomic E-state index is -2.53. The molecule has 0 spiro atoms. The third-order valence-electron chi connectivity index (χ3n) is 5.57. The third-order valence-corrected chi connectivity index (χ3v) is 5.57. The summed E-state index contributed by atoms with van der Waals surface area (Å²) in [6, 6.07) is 13.2. The lowest BCUT2D eigenvalue weighted by Crippen LogP contribution is -2.25. The van der Waals surface area contributed by atoms with Crippen LogP contribution in [0.2, 0.25) is 0 Å². The van der Waals surface area contributed by atoms with Crippen molar-refractivity contribution in [3.8, 4) is 22.8 Å². The fraction of sp³-hybridized carbons (Fsp3) is 0.231. The van der Waals surface area contributed by atoms with Crippen LogP contribution in [0.5, 0.6) is 11.5 Å². The fourth-order valence-corrected chi connectivity index (χ4v) is 3.81. The van der Waals surface area contributed by atoms with Crippen molar-refractivity contribution in [1.82, 2.24) is 24.6 Å². The highest BCUT2D eigenvalue weighted by Crippen LogP contribution is 2.30. The Labute approximate surface area is 201 Å². The molecule has 5 rings (SSSR count). The molecule has 7 nitrogen and oxygen atoms in total. The number of fused-ring (bicyclic) bond motifs is 1. The van der Waals surface area contributed by atoms with Crippen molar-refractivity contribution in [3.63, 3.8) is 0 Å². The van der Waals surface area contributed by atoms with Crippen LogP contribution < -0.4 is 4.74 Å². The molecule has 0 radical (unpaired) electrons. The van der Waals surface area contributed by atoms with Gasteiger partial charge in [0.05, 0.1) is 5.39 Å². The second-order valence-corrected chi connectivity index (χ2v) is 7.97. The maximum atomic E-state index is 12.8. The molecule has 3 heterocycles. The summed E-state index contributed by atoms with van der Waals surface area (Å²) < 4.78 is 32.9. The first kappa shape index (κ1) is 24.0. The van der Waals surface area contributed by atoms with Crippen LogP contribution in [0.15, 0.2) is 73.7 Å². The highest BCUT2D eigenvalue weighted by atomic mass is 19.3. The molecule has 0 N–H and O–H groups in total. The molecule has 2 aromatic carbocycles. The molecule has 1 saturated heterocycles. The summed E-state index contributed by atoms with van der Waals surface area (Å²) in [6.07, 6.45) is 4.37. The molecule has 1 fully saturated rings. The lowest BCUT2D eigenvalue weighted by atomic mass is 10.1. The number of carbonyl (C=O) groups excluding carboxylic acids is 1. The number of benzene rings is 2. The van der Waals surface area contributed by atoms with Crippen LogP contribution in [0, 0.1) is 0 Å². The average Bonchev–Trinajstić information content (AvgIpc) is 3.54. The van der Waals surface area contributed by atoms with Crippen molar-refractivity contribution in [2.24, 2.45) is 7.05 Å². The van der Waals surface area contributed by atoms with Gasteiger partial charge in [-0.3, -0.25) is 4.79 Å². The number of hydrogen-bond donors (Lipinski definition) is 0. The Hall–Kier alpha value is -4.14. The predicted molar refractivity (Wildman–Crippen MR) is 129 cm³/mol. The minimum absolute atomic E-state index is 0.0703. The van der Waals surface area contributed by atoms with Crippen molar-refractivity contribution in [2.45, 2.75) is 19.3 Å². The van der Waals surface area contributed by atoms with Gasteiger partial charge in [0.1, 0.15) is 23.5 Å². The lowest BCUT2D eigenvalue weighted by Gasteiger charge is -2.10. The Bertz CT molecular complexity index is 1320. The zero-order valence-electron chi connectivity index (χ0n) is 19.3. The zero-order chi connectivity index (χ0) is 24.8. The quantitative estimate of drug-likeness (QED) is 0.352. The molecule has 1 amide bonds. The summed E-state index contributed by atoms with van der Waals surface area (Å²) in [5.74, 6) is 0.997. The van der Waals surface area contributed by atoms with Crippen molar-refractivity contribution >= 4 is 16.9 Å². The normalized spacial score (nSPS) is 13.0. The van der Waals surface area contributed by atoms with Gasteiger partial charge in [0.15, 0.2) is 5.65 Å². The predicted octanol–water partition coefficient (Wildman–Crippen LogP) is 5.56. The molecule has 0 bridgehead atoms. The lowest BCUT2D eigenvalue weighted by molar-refractivity contribution is -0.124. The first-order valence-corrected chi connectivity index (χ1v) is 11.2. The van der Waals surface area contributed by atoms with E-state index in [1.807, 2.05) is 24.1 Å². The Kier molecular flexibility index (Phi) is 7.45. The molecule has 0 aliphatic carbocycles. The molecule has 180 valence electrons. The van der Waals surface area contributed by atoms with Crippen molar-refractivity contribution in [2.75, 3.05) is 13.1 Å². The average molecular weight is 478 g/mol. The van der Waals surface area contributed by atoms with Gasteiger partial charge in [0.25, 0.3) is 6.43 Å². The van der Waals surface area contributed by atoms with Crippen LogP contribution in [0.25, 0.3) is 22.3 Å². The second-order valence-electron chi connectivity index (χ2n) is 7.97.